The first-order valence-electron chi connectivity index (χ1n) is 19.1. The second-order valence-electron chi connectivity index (χ2n) is 18.4. The van der Waals surface area contributed by atoms with E-state index in [0.29, 0.717) is 38.9 Å². The maximum atomic E-state index is 15.9. The van der Waals surface area contributed by atoms with Crippen LogP contribution in [0.2, 0.25) is 0 Å². The fourth-order valence-corrected chi connectivity index (χ4v) is 12.4. The number of rotatable bonds is 7. The van der Waals surface area contributed by atoms with E-state index in [9.17, 15) is 27.4 Å². The van der Waals surface area contributed by atoms with Gasteiger partial charge in [0.05, 0.1) is 29.5 Å². The number of aliphatic hydroxyl groups is 2. The molecule has 4 fully saturated rings. The molecule has 0 bridgehead atoms. The number of sulfone groups is 1. The Morgan fingerprint density at radius 1 is 0.868 bits per heavy atom. The minimum Gasteiger partial charge on any atom is -0.385 e. The van der Waals surface area contributed by atoms with Crippen molar-refractivity contribution < 1.29 is 45.7 Å². The molecule has 0 radical (unpaired) electrons. The molecule has 292 valence electrons. The lowest BCUT2D eigenvalue weighted by Crippen LogP contribution is -2.66. The third-order valence-corrected chi connectivity index (χ3v) is 15.6. The molecule has 1 heterocycles. The Hall–Kier alpha value is -2.31. The fraction of sp³-hybridized carbons (Fsp3) is 0.667. The van der Waals surface area contributed by atoms with E-state index in [1.54, 1.807) is 31.2 Å². The van der Waals surface area contributed by atoms with Gasteiger partial charge in [-0.15, -0.1) is 0 Å². The van der Waals surface area contributed by atoms with E-state index in [4.69, 9.17) is 9.47 Å². The van der Waals surface area contributed by atoms with Gasteiger partial charge in [-0.05, 0) is 90.7 Å². The number of fused-ring (bicyclic) bond motifs is 4. The van der Waals surface area contributed by atoms with Gasteiger partial charge >= 0.3 is 11.8 Å². The summed E-state index contributed by atoms with van der Waals surface area (Å²) in [7, 11) is -3.42. The lowest BCUT2D eigenvalue weighted by Gasteiger charge is -2.59. The maximum absolute atomic E-state index is 15.9. The van der Waals surface area contributed by atoms with Gasteiger partial charge in [0.15, 0.2) is 15.6 Å². The molecule has 4 aliphatic carbocycles. The van der Waals surface area contributed by atoms with Crippen LogP contribution in [0, 0.1) is 28.6 Å². The molecule has 6 unspecified atom stereocenters. The number of halogens is 4. The number of allylic oxidation sites excluding steroid dienone is 1. The van der Waals surface area contributed by atoms with Gasteiger partial charge in [0.25, 0.3) is 0 Å². The van der Waals surface area contributed by atoms with Crippen molar-refractivity contribution in [1.82, 2.24) is 0 Å². The quantitative estimate of drug-likeness (QED) is 0.216. The molecule has 6 nitrogen and oxygen atoms in total. The summed E-state index contributed by atoms with van der Waals surface area (Å²) in [5.41, 5.74) is -1.62. The van der Waals surface area contributed by atoms with E-state index in [1.807, 2.05) is 38.1 Å². The van der Waals surface area contributed by atoms with Gasteiger partial charge in [0.1, 0.15) is 5.60 Å². The summed E-state index contributed by atoms with van der Waals surface area (Å²) in [6, 6.07) is 14.3. The molecule has 2 N–H and O–H groups in total. The number of hydrogen-bond donors (Lipinski definition) is 2. The van der Waals surface area contributed by atoms with Crippen molar-refractivity contribution in [1.29, 1.82) is 0 Å². The SMILES string of the molecule is CC(C)CS(=O)(=O)c1ccc(-c2ccc(C3CC4(C)C(CCC4(O)C(F)(F)C(C)(F)F)C4CCC5(O)CC6(CCC5=C34)OCC(C)(C)CO6)cc2)cc1. The molecule has 0 amide bonds. The van der Waals surface area contributed by atoms with Crippen LogP contribution in [0.25, 0.3) is 11.1 Å². The Morgan fingerprint density at radius 3 is 2.02 bits per heavy atom. The predicted octanol–water partition coefficient (Wildman–Crippen LogP) is 9.10. The van der Waals surface area contributed by atoms with Gasteiger partial charge in [-0.1, -0.05) is 76.6 Å². The normalized spacial score (nSPS) is 34.2. The zero-order valence-electron chi connectivity index (χ0n) is 31.7. The predicted molar refractivity (Wildman–Crippen MR) is 194 cm³/mol. The van der Waals surface area contributed by atoms with Crippen molar-refractivity contribution in [2.75, 3.05) is 19.0 Å². The van der Waals surface area contributed by atoms with Gasteiger partial charge < -0.3 is 19.7 Å². The maximum Gasteiger partial charge on any atom is 0.338 e. The van der Waals surface area contributed by atoms with Gasteiger partial charge in [0.2, 0.25) is 0 Å². The molecule has 1 aliphatic heterocycles. The number of benzene rings is 2. The topological polar surface area (TPSA) is 93.1 Å². The van der Waals surface area contributed by atoms with E-state index in [0.717, 1.165) is 27.8 Å². The molecule has 0 aromatic heterocycles. The van der Waals surface area contributed by atoms with Crippen molar-refractivity contribution in [2.45, 2.75) is 133 Å². The first-order chi connectivity index (χ1) is 24.5. The highest BCUT2D eigenvalue weighted by Crippen LogP contribution is 2.71. The van der Waals surface area contributed by atoms with E-state index in [2.05, 4.69) is 13.8 Å². The molecule has 7 rings (SSSR count). The lowest BCUT2D eigenvalue weighted by molar-refractivity contribution is -0.323. The summed E-state index contributed by atoms with van der Waals surface area (Å²) in [6.07, 6.45) is 1.83. The van der Waals surface area contributed by atoms with E-state index in [1.165, 1.54) is 0 Å². The van der Waals surface area contributed by atoms with Crippen LogP contribution >= 0.6 is 0 Å². The van der Waals surface area contributed by atoms with Gasteiger partial charge in [-0.2, -0.15) is 8.78 Å². The zero-order chi connectivity index (χ0) is 38.6. The summed E-state index contributed by atoms with van der Waals surface area (Å²) in [4.78, 5) is 0.251. The Bertz CT molecular complexity index is 1860. The summed E-state index contributed by atoms with van der Waals surface area (Å²) >= 11 is 0. The molecular weight excluding hydrogens is 709 g/mol. The largest absolute Gasteiger partial charge is 0.385 e. The van der Waals surface area contributed by atoms with Crippen LogP contribution in [0.5, 0.6) is 0 Å². The van der Waals surface area contributed by atoms with E-state index < -0.39 is 62.3 Å². The minimum atomic E-state index is -4.66. The molecule has 11 heteroatoms. The van der Waals surface area contributed by atoms with Crippen LogP contribution in [0.4, 0.5) is 17.6 Å². The van der Waals surface area contributed by atoms with Crippen LogP contribution in [0.3, 0.4) is 0 Å². The molecule has 5 aliphatic rings. The van der Waals surface area contributed by atoms with E-state index in [-0.39, 0.29) is 54.1 Å². The van der Waals surface area contributed by atoms with Crippen molar-refractivity contribution in [3.8, 4) is 11.1 Å². The van der Waals surface area contributed by atoms with Crippen molar-refractivity contribution >= 4 is 9.84 Å². The minimum absolute atomic E-state index is 0.0127. The molecule has 1 saturated heterocycles. The number of hydrogen-bond acceptors (Lipinski definition) is 6. The highest BCUT2D eigenvalue weighted by molar-refractivity contribution is 7.91. The zero-order valence-corrected chi connectivity index (χ0v) is 32.5. The highest BCUT2D eigenvalue weighted by atomic mass is 32.2. The number of alkyl halides is 4. The lowest BCUT2D eigenvalue weighted by atomic mass is 9.49. The highest BCUT2D eigenvalue weighted by Gasteiger charge is 2.77. The molecule has 6 atom stereocenters. The summed E-state index contributed by atoms with van der Waals surface area (Å²) < 4.78 is 99.4. The van der Waals surface area contributed by atoms with Crippen molar-refractivity contribution in [3.05, 3.63) is 65.2 Å². The van der Waals surface area contributed by atoms with Gasteiger partial charge in [0, 0.05) is 36.5 Å². The Balaban J connectivity index is 1.28. The first kappa shape index (κ1) is 38.9. The third kappa shape index (κ3) is 6.23. The Labute approximate surface area is 311 Å². The Morgan fingerprint density at radius 2 is 1.45 bits per heavy atom. The molecule has 1 spiro atoms. The fourth-order valence-electron chi connectivity index (χ4n) is 10.7. The standard InChI is InChI=1S/C42H54F4O6S/c1-26(2)22-53(49,50)30-13-11-28(12-14-30)27-7-9-29(10-8-27)32-21-37(5)33(17-20-41(37,48)42(45,46)38(6,43)44)31-15-18-39(47)23-40(19-16-34(39)35(31)32)51-24-36(3,4)25-52-40/h7-14,26,31-33,47-48H,15-25H2,1-6H3. The molecule has 53 heavy (non-hydrogen) atoms. The second-order valence-corrected chi connectivity index (χ2v) is 20.4. The van der Waals surface area contributed by atoms with Gasteiger partial charge in [-0.3, -0.25) is 0 Å². The molecule has 3 saturated carbocycles. The van der Waals surface area contributed by atoms with Crippen LogP contribution in [0.1, 0.15) is 104 Å². The monoisotopic (exact) mass is 762 g/mol. The summed E-state index contributed by atoms with van der Waals surface area (Å²) in [5, 5.41) is 24.4. The third-order valence-electron chi connectivity index (χ3n) is 13.5. The summed E-state index contributed by atoms with van der Waals surface area (Å²) in [5.74, 6) is -11.3. The van der Waals surface area contributed by atoms with Gasteiger partial charge in [-0.25, -0.2) is 17.2 Å². The van der Waals surface area contributed by atoms with Crippen LogP contribution < -0.4 is 0 Å². The second kappa shape index (κ2) is 12.6. The average molecular weight is 763 g/mol. The average Bonchev–Trinajstić information content (AvgIpc) is 3.35. The molecule has 2 aromatic carbocycles. The smallest absolute Gasteiger partial charge is 0.338 e. The Kier molecular flexibility index (Phi) is 9.26. The van der Waals surface area contributed by atoms with Crippen LogP contribution in [-0.4, -0.2) is 66.4 Å². The van der Waals surface area contributed by atoms with E-state index >= 15 is 8.78 Å². The van der Waals surface area contributed by atoms with Crippen molar-refractivity contribution in [3.63, 3.8) is 0 Å². The molecule has 2 aromatic rings. The van der Waals surface area contributed by atoms with Crippen molar-refractivity contribution in [2.24, 2.45) is 28.6 Å². The first-order valence-corrected chi connectivity index (χ1v) is 20.8. The van der Waals surface area contributed by atoms with Crippen LogP contribution in [-0.2, 0) is 19.3 Å². The van der Waals surface area contributed by atoms with Crippen LogP contribution in [0.15, 0.2) is 64.6 Å². The number of ether oxygens (including phenoxy) is 2. The molecular formula is C42H54F4O6S. The summed E-state index contributed by atoms with van der Waals surface area (Å²) in [6.45, 7) is 10.6.